The minimum absolute atomic E-state index is 0.612. The Morgan fingerprint density at radius 2 is 2.06 bits per heavy atom. The first kappa shape index (κ1) is 14.0. The molecule has 1 aromatic heterocycles. The summed E-state index contributed by atoms with van der Waals surface area (Å²) in [7, 11) is 0. The first-order valence-electron chi connectivity index (χ1n) is 5.47. The number of rotatable bonds is 3. The summed E-state index contributed by atoms with van der Waals surface area (Å²) in [5, 5.41) is 2.38. The third kappa shape index (κ3) is 4.86. The zero-order chi connectivity index (χ0) is 13.8. The molecule has 0 aliphatic rings. The minimum atomic E-state index is -0.817. The summed E-state index contributed by atoms with van der Waals surface area (Å²) in [5.74, 6) is -0.612. The molecule has 0 unspecified atom stereocenters. The molecule has 0 fully saturated rings. The van der Waals surface area contributed by atoms with Crippen molar-refractivity contribution in [3.8, 4) is 0 Å². The Balaban J connectivity index is 2.42. The van der Waals surface area contributed by atoms with E-state index < -0.39 is 23.7 Å². The van der Waals surface area contributed by atoms with Crippen molar-refractivity contribution in [2.24, 2.45) is 0 Å². The average molecular weight is 255 g/mol. The predicted octanol–water partition coefficient (Wildman–Crippen LogP) is 0.751. The van der Waals surface area contributed by atoms with Gasteiger partial charge in [-0.3, -0.25) is 0 Å². The molecule has 0 aromatic carbocycles. The molecule has 0 saturated heterocycles. The highest BCUT2D eigenvalue weighted by atomic mass is 16.7. The lowest BCUT2D eigenvalue weighted by Crippen LogP contribution is -2.44. The lowest BCUT2D eigenvalue weighted by molar-refractivity contribution is -0.146. The summed E-state index contributed by atoms with van der Waals surface area (Å²) in [4.78, 5) is 31.6. The SMILES string of the molecule is C[C@H](NC(=O)OC(C)(C)C)C(=O)On1ccnc1. The highest BCUT2D eigenvalue weighted by molar-refractivity contribution is 5.81. The molecule has 0 aliphatic heterocycles. The summed E-state index contributed by atoms with van der Waals surface area (Å²) in [6.45, 7) is 6.71. The van der Waals surface area contributed by atoms with Crippen LogP contribution in [0.3, 0.4) is 0 Å². The maximum Gasteiger partial charge on any atom is 0.408 e. The van der Waals surface area contributed by atoms with Gasteiger partial charge in [-0.05, 0) is 27.7 Å². The van der Waals surface area contributed by atoms with Crippen LogP contribution in [0.25, 0.3) is 0 Å². The first-order chi connectivity index (χ1) is 8.28. The molecule has 0 saturated carbocycles. The maximum atomic E-state index is 11.6. The number of alkyl carbamates (subject to hydrolysis) is 1. The first-order valence-corrected chi connectivity index (χ1v) is 5.47. The van der Waals surface area contributed by atoms with E-state index in [4.69, 9.17) is 9.57 Å². The van der Waals surface area contributed by atoms with Crippen LogP contribution in [-0.4, -0.2) is 33.4 Å². The zero-order valence-corrected chi connectivity index (χ0v) is 10.8. The van der Waals surface area contributed by atoms with Gasteiger partial charge in [0, 0.05) is 6.20 Å². The molecule has 0 radical (unpaired) electrons. The summed E-state index contributed by atoms with van der Waals surface area (Å²) in [6, 6.07) is -0.817. The van der Waals surface area contributed by atoms with Gasteiger partial charge in [-0.25, -0.2) is 14.6 Å². The van der Waals surface area contributed by atoms with Crippen LogP contribution >= 0.6 is 0 Å². The van der Waals surface area contributed by atoms with Crippen molar-refractivity contribution >= 4 is 12.1 Å². The number of hydrogen-bond acceptors (Lipinski definition) is 5. The number of imidazole rings is 1. The highest BCUT2D eigenvalue weighted by Crippen LogP contribution is 2.06. The van der Waals surface area contributed by atoms with E-state index in [0.717, 1.165) is 4.73 Å². The Morgan fingerprint density at radius 1 is 1.39 bits per heavy atom. The van der Waals surface area contributed by atoms with E-state index in [1.54, 1.807) is 20.8 Å². The van der Waals surface area contributed by atoms with E-state index in [-0.39, 0.29) is 0 Å². The summed E-state index contributed by atoms with van der Waals surface area (Å²) < 4.78 is 6.17. The molecule has 0 bridgehead atoms. The Labute approximate surface area is 105 Å². The van der Waals surface area contributed by atoms with Crippen LogP contribution in [0.1, 0.15) is 27.7 Å². The average Bonchev–Trinajstić information content (AvgIpc) is 2.66. The lowest BCUT2D eigenvalue weighted by atomic mass is 10.2. The summed E-state index contributed by atoms with van der Waals surface area (Å²) >= 11 is 0. The van der Waals surface area contributed by atoms with E-state index in [0.29, 0.717) is 0 Å². The second-order valence-electron chi connectivity index (χ2n) is 4.70. The van der Waals surface area contributed by atoms with Crippen molar-refractivity contribution in [2.45, 2.75) is 39.3 Å². The number of hydrogen-bond donors (Lipinski definition) is 1. The quantitative estimate of drug-likeness (QED) is 0.861. The smallest absolute Gasteiger partial charge is 0.408 e. The van der Waals surface area contributed by atoms with Crippen molar-refractivity contribution in [2.75, 3.05) is 0 Å². The van der Waals surface area contributed by atoms with Crippen molar-refractivity contribution < 1.29 is 19.2 Å². The van der Waals surface area contributed by atoms with Gasteiger partial charge < -0.3 is 14.9 Å². The fourth-order valence-corrected chi connectivity index (χ4v) is 1.03. The van der Waals surface area contributed by atoms with E-state index in [1.807, 2.05) is 0 Å². The third-order valence-electron chi connectivity index (χ3n) is 1.76. The minimum Gasteiger partial charge on any atom is -0.444 e. The second kappa shape index (κ2) is 5.52. The van der Waals surface area contributed by atoms with Gasteiger partial charge in [-0.15, -0.1) is 0 Å². The second-order valence-corrected chi connectivity index (χ2v) is 4.70. The third-order valence-corrected chi connectivity index (χ3v) is 1.76. The molecule has 1 amide bonds. The van der Waals surface area contributed by atoms with Gasteiger partial charge in [0.25, 0.3) is 0 Å². The van der Waals surface area contributed by atoms with Crippen molar-refractivity contribution in [1.82, 2.24) is 15.0 Å². The van der Waals surface area contributed by atoms with Gasteiger partial charge in [0.05, 0.1) is 6.20 Å². The fourth-order valence-electron chi connectivity index (χ4n) is 1.03. The highest BCUT2D eigenvalue weighted by Gasteiger charge is 2.22. The fraction of sp³-hybridized carbons (Fsp3) is 0.545. The predicted molar refractivity (Wildman–Crippen MR) is 62.6 cm³/mol. The van der Waals surface area contributed by atoms with Gasteiger partial charge >= 0.3 is 12.1 Å². The van der Waals surface area contributed by atoms with Gasteiger partial charge in [-0.1, -0.05) is 0 Å². The molecule has 7 heteroatoms. The Morgan fingerprint density at radius 3 is 2.56 bits per heavy atom. The molecular weight excluding hydrogens is 238 g/mol. The van der Waals surface area contributed by atoms with Crippen LogP contribution in [0.2, 0.25) is 0 Å². The Bertz CT molecular complexity index is 408. The number of carbonyl (C=O) groups excluding carboxylic acids is 2. The molecule has 1 N–H and O–H groups in total. The van der Waals surface area contributed by atoms with Crippen LogP contribution in [0.15, 0.2) is 18.7 Å². The largest absolute Gasteiger partial charge is 0.444 e. The molecule has 1 atom stereocenters. The van der Waals surface area contributed by atoms with Gasteiger partial charge in [0.1, 0.15) is 18.0 Å². The van der Waals surface area contributed by atoms with E-state index in [2.05, 4.69) is 10.3 Å². The van der Waals surface area contributed by atoms with Gasteiger partial charge in [-0.2, -0.15) is 4.73 Å². The molecule has 1 heterocycles. The van der Waals surface area contributed by atoms with Crippen molar-refractivity contribution in [3.63, 3.8) is 0 Å². The van der Waals surface area contributed by atoms with Gasteiger partial charge in [0.2, 0.25) is 0 Å². The Kier molecular flexibility index (Phi) is 4.30. The molecule has 1 rings (SSSR count). The molecule has 18 heavy (non-hydrogen) atoms. The number of carbonyl (C=O) groups is 2. The van der Waals surface area contributed by atoms with Crippen molar-refractivity contribution in [1.29, 1.82) is 0 Å². The van der Waals surface area contributed by atoms with Crippen LogP contribution < -0.4 is 10.2 Å². The Hall–Kier alpha value is -2.05. The summed E-state index contributed by atoms with van der Waals surface area (Å²) in [5.41, 5.74) is -0.613. The van der Waals surface area contributed by atoms with E-state index in [1.165, 1.54) is 25.6 Å². The van der Waals surface area contributed by atoms with Crippen LogP contribution in [-0.2, 0) is 9.53 Å². The molecule has 1 aromatic rings. The number of nitrogens with one attached hydrogen (secondary N) is 1. The molecule has 0 spiro atoms. The molecular formula is C11H17N3O4. The van der Waals surface area contributed by atoms with Crippen LogP contribution in [0, 0.1) is 0 Å². The number of ether oxygens (including phenoxy) is 1. The molecule has 100 valence electrons. The standard InChI is InChI=1S/C11H17N3O4/c1-8(13-10(16)17-11(2,3)4)9(15)18-14-6-5-12-7-14/h5-8H,1-4H3,(H,13,16)/t8-/m0/s1. The number of aromatic nitrogens is 2. The van der Waals surface area contributed by atoms with Crippen molar-refractivity contribution in [3.05, 3.63) is 18.7 Å². The normalized spacial score (nSPS) is 12.7. The van der Waals surface area contributed by atoms with E-state index >= 15 is 0 Å². The number of amides is 1. The van der Waals surface area contributed by atoms with Crippen LogP contribution in [0.4, 0.5) is 4.79 Å². The monoisotopic (exact) mass is 255 g/mol. The molecule has 0 aliphatic carbocycles. The topological polar surface area (TPSA) is 82.5 Å². The maximum absolute atomic E-state index is 11.6. The van der Waals surface area contributed by atoms with E-state index in [9.17, 15) is 9.59 Å². The van der Waals surface area contributed by atoms with Crippen LogP contribution in [0.5, 0.6) is 0 Å². The van der Waals surface area contributed by atoms with Gasteiger partial charge in [0.15, 0.2) is 0 Å². The lowest BCUT2D eigenvalue weighted by Gasteiger charge is -2.21. The summed E-state index contributed by atoms with van der Waals surface area (Å²) in [6.07, 6.45) is 3.60. The zero-order valence-electron chi connectivity index (χ0n) is 10.8. The number of nitrogens with zero attached hydrogens (tertiary/aromatic N) is 2. The molecule has 7 nitrogen and oxygen atoms in total.